The van der Waals surface area contributed by atoms with Crippen LogP contribution in [0.5, 0.6) is 11.5 Å². The van der Waals surface area contributed by atoms with Gasteiger partial charge in [0.05, 0.1) is 19.9 Å². The topological polar surface area (TPSA) is 101 Å². The first-order chi connectivity index (χ1) is 14.0. The van der Waals surface area contributed by atoms with Crippen LogP contribution in [0.3, 0.4) is 0 Å². The van der Waals surface area contributed by atoms with E-state index < -0.39 is 5.97 Å². The summed E-state index contributed by atoms with van der Waals surface area (Å²) in [6, 6.07) is 5.67. The number of nitrogens with one attached hydrogen (secondary N) is 1. The molecule has 8 nitrogen and oxygen atoms in total. The monoisotopic (exact) mass is 437 g/mol. The van der Waals surface area contributed by atoms with Crippen LogP contribution in [0.15, 0.2) is 27.9 Å². The largest absolute Gasteiger partial charge is 0.497 e. The predicted molar refractivity (Wildman–Crippen MR) is 113 cm³/mol. The van der Waals surface area contributed by atoms with E-state index in [-0.39, 0.29) is 17.6 Å². The maximum atomic E-state index is 12.3. The van der Waals surface area contributed by atoms with E-state index in [0.717, 1.165) is 17.9 Å². The molecule has 1 fully saturated rings. The van der Waals surface area contributed by atoms with Crippen LogP contribution < -0.4 is 14.8 Å². The van der Waals surface area contributed by atoms with Crippen LogP contribution in [0, 0.1) is 0 Å². The highest BCUT2D eigenvalue weighted by atomic mass is 32.2. The maximum Gasteiger partial charge on any atom is 0.355 e. The van der Waals surface area contributed by atoms with Crippen molar-refractivity contribution in [1.29, 1.82) is 0 Å². The second-order valence-corrected chi connectivity index (χ2v) is 8.58. The number of aromatic carboxylic acids is 1. The molecular formula is C19H23N3O5S2. The van der Waals surface area contributed by atoms with Gasteiger partial charge in [0.2, 0.25) is 5.91 Å². The van der Waals surface area contributed by atoms with Crippen molar-refractivity contribution in [3.8, 4) is 11.5 Å². The molecule has 0 unspecified atom stereocenters. The number of ether oxygens (including phenoxy) is 2. The molecule has 10 heteroatoms. The van der Waals surface area contributed by atoms with Crippen molar-refractivity contribution in [2.24, 2.45) is 0 Å². The van der Waals surface area contributed by atoms with Gasteiger partial charge in [-0.1, -0.05) is 11.8 Å². The minimum absolute atomic E-state index is 0.0604. The van der Waals surface area contributed by atoms with Gasteiger partial charge in [-0.3, -0.25) is 4.79 Å². The van der Waals surface area contributed by atoms with Gasteiger partial charge in [-0.15, -0.1) is 11.3 Å². The van der Waals surface area contributed by atoms with Crippen LogP contribution >= 0.6 is 23.1 Å². The zero-order valence-electron chi connectivity index (χ0n) is 16.2. The predicted octanol–water partition coefficient (Wildman–Crippen LogP) is 3.05. The van der Waals surface area contributed by atoms with Gasteiger partial charge < -0.3 is 24.8 Å². The fourth-order valence-corrected chi connectivity index (χ4v) is 4.95. The Morgan fingerprint density at radius 1 is 1.41 bits per heavy atom. The number of carbonyl (C=O) groups excluding carboxylic acids is 1. The van der Waals surface area contributed by atoms with Gasteiger partial charge in [0.25, 0.3) is 0 Å². The summed E-state index contributed by atoms with van der Waals surface area (Å²) < 4.78 is 11.3. The van der Waals surface area contributed by atoms with Gasteiger partial charge >= 0.3 is 5.97 Å². The quantitative estimate of drug-likeness (QED) is 0.547. The summed E-state index contributed by atoms with van der Waals surface area (Å²) in [6.45, 7) is 1.22. The summed E-state index contributed by atoms with van der Waals surface area (Å²) in [4.78, 5) is 29.2. The molecule has 1 aromatic carbocycles. The lowest BCUT2D eigenvalue weighted by Gasteiger charge is -2.25. The van der Waals surface area contributed by atoms with E-state index in [1.54, 1.807) is 14.2 Å². The molecule has 0 spiro atoms. The molecule has 1 aliphatic heterocycles. The highest BCUT2D eigenvalue weighted by molar-refractivity contribution is 8.01. The molecule has 1 amide bonds. The number of thioether (sulfide) groups is 1. The molecular weight excluding hydrogens is 414 g/mol. The summed E-state index contributed by atoms with van der Waals surface area (Å²) in [6.07, 6.45) is 1.34. The molecule has 3 rings (SSSR count). The molecule has 1 aromatic heterocycles. The summed E-state index contributed by atoms with van der Waals surface area (Å²) >= 11 is 2.78. The standard InChI is InChI=1S/C19H23N3O5S2/c1-26-13-4-5-14(16(9-13)27-2)20-10-12-3-6-17(23)22(12)7-8-28-19-21-15(11-29-19)18(24)25/h4-5,9,11-12,20H,3,6-8,10H2,1-2H3,(H,24,25)/t12-/m1/s1. The van der Waals surface area contributed by atoms with Crippen molar-refractivity contribution in [3.63, 3.8) is 0 Å². The van der Waals surface area contributed by atoms with Crippen molar-refractivity contribution < 1.29 is 24.2 Å². The fraction of sp³-hybridized carbons (Fsp3) is 0.421. The molecule has 2 N–H and O–H groups in total. The molecule has 0 aliphatic carbocycles. The van der Waals surface area contributed by atoms with E-state index in [4.69, 9.17) is 14.6 Å². The Kier molecular flexibility index (Phi) is 7.21. The molecule has 2 aromatic rings. The number of thiazole rings is 1. The van der Waals surface area contributed by atoms with Gasteiger partial charge in [0, 0.05) is 42.8 Å². The second-order valence-electron chi connectivity index (χ2n) is 6.38. The molecule has 0 bridgehead atoms. The Labute approximate surface area is 177 Å². The van der Waals surface area contributed by atoms with Crippen molar-refractivity contribution in [3.05, 3.63) is 29.3 Å². The maximum absolute atomic E-state index is 12.3. The number of hydrogen-bond acceptors (Lipinski definition) is 8. The first kappa shape index (κ1) is 21.3. The van der Waals surface area contributed by atoms with E-state index in [9.17, 15) is 9.59 Å². The van der Waals surface area contributed by atoms with E-state index in [1.165, 1.54) is 28.5 Å². The van der Waals surface area contributed by atoms with Crippen LogP contribution in [0.1, 0.15) is 23.3 Å². The average Bonchev–Trinajstić information content (AvgIpc) is 3.34. The lowest BCUT2D eigenvalue weighted by atomic mass is 10.2. The number of carboxylic acids is 1. The molecule has 0 saturated carbocycles. The third-order valence-corrected chi connectivity index (χ3v) is 6.65. The SMILES string of the molecule is COc1ccc(NC[C@H]2CCC(=O)N2CCSc2nc(C(=O)O)cs2)c(OC)c1. The second kappa shape index (κ2) is 9.84. The van der Waals surface area contributed by atoms with Gasteiger partial charge in [-0.25, -0.2) is 9.78 Å². The van der Waals surface area contributed by atoms with Gasteiger partial charge in [0.1, 0.15) is 11.5 Å². The molecule has 156 valence electrons. The van der Waals surface area contributed by atoms with E-state index in [1.807, 2.05) is 23.1 Å². The van der Waals surface area contributed by atoms with E-state index >= 15 is 0 Å². The highest BCUT2D eigenvalue weighted by Gasteiger charge is 2.30. The molecule has 2 heterocycles. The Balaban J connectivity index is 1.54. The molecule has 1 saturated heterocycles. The average molecular weight is 438 g/mol. The number of nitrogens with zero attached hydrogens (tertiary/aromatic N) is 2. The number of likely N-dealkylation sites (tertiary alicyclic amines) is 1. The number of anilines is 1. The Hall–Kier alpha value is -2.46. The summed E-state index contributed by atoms with van der Waals surface area (Å²) in [5, 5.41) is 13.8. The Bertz CT molecular complexity index is 873. The number of amides is 1. The third kappa shape index (κ3) is 5.33. The molecule has 1 aliphatic rings. The zero-order valence-corrected chi connectivity index (χ0v) is 17.8. The number of carbonyl (C=O) groups is 2. The van der Waals surface area contributed by atoms with Crippen LogP contribution in [0.25, 0.3) is 0 Å². The number of hydrogen-bond donors (Lipinski definition) is 2. The number of rotatable bonds is 10. The lowest BCUT2D eigenvalue weighted by molar-refractivity contribution is -0.128. The number of aromatic nitrogens is 1. The number of benzene rings is 1. The van der Waals surface area contributed by atoms with E-state index in [2.05, 4.69) is 10.3 Å². The molecule has 1 atom stereocenters. The first-order valence-electron chi connectivity index (χ1n) is 9.08. The van der Waals surface area contributed by atoms with Crippen molar-refractivity contribution >= 4 is 40.7 Å². The Morgan fingerprint density at radius 3 is 2.93 bits per heavy atom. The van der Waals surface area contributed by atoms with Crippen LogP contribution in [0.4, 0.5) is 5.69 Å². The number of carboxylic acid groups (broad SMARTS) is 1. The molecule has 0 radical (unpaired) electrons. The van der Waals surface area contributed by atoms with Gasteiger partial charge in [-0.05, 0) is 18.6 Å². The zero-order chi connectivity index (χ0) is 20.8. The van der Waals surface area contributed by atoms with Crippen molar-refractivity contribution in [2.45, 2.75) is 23.2 Å². The minimum atomic E-state index is -1.03. The van der Waals surface area contributed by atoms with Crippen LogP contribution in [-0.2, 0) is 4.79 Å². The number of methoxy groups -OCH3 is 2. The van der Waals surface area contributed by atoms with Crippen molar-refractivity contribution in [1.82, 2.24) is 9.88 Å². The normalized spacial score (nSPS) is 16.1. The van der Waals surface area contributed by atoms with Crippen LogP contribution in [-0.4, -0.2) is 66.0 Å². The lowest BCUT2D eigenvalue weighted by Crippen LogP contribution is -2.39. The van der Waals surface area contributed by atoms with Crippen LogP contribution in [0.2, 0.25) is 0 Å². The first-order valence-corrected chi connectivity index (χ1v) is 11.0. The fourth-order valence-electron chi connectivity index (χ4n) is 3.14. The Morgan fingerprint density at radius 2 is 2.24 bits per heavy atom. The summed E-state index contributed by atoms with van der Waals surface area (Å²) in [5.41, 5.74) is 0.913. The smallest absolute Gasteiger partial charge is 0.355 e. The summed E-state index contributed by atoms with van der Waals surface area (Å²) in [7, 11) is 3.22. The van der Waals surface area contributed by atoms with Gasteiger partial charge in [0.15, 0.2) is 10.0 Å². The summed E-state index contributed by atoms with van der Waals surface area (Å²) in [5.74, 6) is 1.19. The minimum Gasteiger partial charge on any atom is -0.497 e. The molecule has 29 heavy (non-hydrogen) atoms. The van der Waals surface area contributed by atoms with Gasteiger partial charge in [-0.2, -0.15) is 0 Å². The van der Waals surface area contributed by atoms with E-state index in [0.29, 0.717) is 35.4 Å². The third-order valence-electron chi connectivity index (χ3n) is 4.65. The highest BCUT2D eigenvalue weighted by Crippen LogP contribution is 2.30. The van der Waals surface area contributed by atoms with Crippen molar-refractivity contribution in [2.75, 3.05) is 38.4 Å².